The zero-order chi connectivity index (χ0) is 31.3. The van der Waals surface area contributed by atoms with Gasteiger partial charge in [-0.2, -0.15) is 0 Å². The van der Waals surface area contributed by atoms with Crippen molar-refractivity contribution in [2.75, 3.05) is 6.61 Å². The highest BCUT2D eigenvalue weighted by Gasteiger charge is 2.78. The van der Waals surface area contributed by atoms with E-state index in [0.29, 0.717) is 11.1 Å². The Bertz CT molecular complexity index is 1380. The molecule has 2 aliphatic heterocycles. The lowest BCUT2D eigenvalue weighted by molar-refractivity contribution is -0.361. The first-order chi connectivity index (χ1) is 20.0. The predicted octanol–water partition coefficient (Wildman–Crippen LogP) is 3.27. The number of carbonyl (C=O) groups excluding carboxylic acids is 3. The van der Waals surface area contributed by atoms with Gasteiger partial charge in [-0.05, 0) is 50.5 Å². The molecule has 10 heteroatoms. The smallest absolute Gasteiger partial charge is 0.338 e. The molecule has 2 bridgehead atoms. The Kier molecular flexibility index (Phi) is 6.85. The van der Waals surface area contributed by atoms with Crippen LogP contribution in [-0.2, 0) is 33.3 Å². The van der Waals surface area contributed by atoms with E-state index in [-0.39, 0.29) is 37.2 Å². The number of aliphatic hydroxyl groups is 2. The summed E-state index contributed by atoms with van der Waals surface area (Å²) < 4.78 is 31.7. The largest absolute Gasteiger partial charge is 0.455 e. The van der Waals surface area contributed by atoms with Crippen LogP contribution in [0.25, 0.3) is 0 Å². The molecule has 2 saturated heterocycles. The Labute approximate surface area is 251 Å². The molecule has 0 radical (unpaired) electrons. The van der Waals surface area contributed by atoms with Crippen LogP contribution in [0.15, 0.2) is 41.5 Å². The van der Waals surface area contributed by atoms with E-state index in [2.05, 4.69) is 0 Å². The second kappa shape index (κ2) is 9.68. The number of hydrogen-bond donors (Lipinski definition) is 2. The van der Waals surface area contributed by atoms with Gasteiger partial charge in [-0.1, -0.05) is 39.0 Å². The second-order valence-electron chi connectivity index (χ2n) is 14.1. The van der Waals surface area contributed by atoms with Crippen LogP contribution in [0.2, 0.25) is 0 Å². The van der Waals surface area contributed by atoms with Crippen LogP contribution in [-0.4, -0.2) is 82.1 Å². The van der Waals surface area contributed by atoms with Crippen molar-refractivity contribution in [3.05, 3.63) is 47.0 Å². The third kappa shape index (κ3) is 4.13. The summed E-state index contributed by atoms with van der Waals surface area (Å²) in [6.45, 7) is 12.0. The number of allylic oxidation sites excluding steroid dienone is 1. The van der Waals surface area contributed by atoms with E-state index in [1.54, 1.807) is 51.1 Å². The maximum atomic E-state index is 13.9. The third-order valence-electron chi connectivity index (χ3n) is 11.1. The van der Waals surface area contributed by atoms with Gasteiger partial charge in [0.05, 0.1) is 30.3 Å². The van der Waals surface area contributed by atoms with Crippen molar-refractivity contribution in [1.82, 2.24) is 0 Å². The van der Waals surface area contributed by atoms with Crippen molar-refractivity contribution in [3.8, 4) is 0 Å². The minimum atomic E-state index is -1.86. The number of hydrogen-bond acceptors (Lipinski definition) is 10. The maximum absolute atomic E-state index is 13.9. The van der Waals surface area contributed by atoms with E-state index in [0.717, 1.165) is 0 Å². The number of Topliss-reactive ketones (excluding diaryl/α,β-unsaturated/α-hetero) is 1. The summed E-state index contributed by atoms with van der Waals surface area (Å²) in [7, 11) is 0. The SMILES string of the molecule is CC(=O)O[C@@]12CO[C@@H]1C[C@H](O)[C@@]1(C)[C@@H]3OC(C)(C)O[C@@H]3C3=C(C)C(=O)CC[C@@](O)([C@@H](OC(=O)c4ccccc4)[C@H]21)C3(C)C. The topological polar surface area (TPSA) is 138 Å². The summed E-state index contributed by atoms with van der Waals surface area (Å²) in [4.78, 5) is 40.2. The van der Waals surface area contributed by atoms with Gasteiger partial charge < -0.3 is 33.9 Å². The quantitative estimate of drug-likeness (QED) is 0.499. The Morgan fingerprint density at radius 3 is 2.33 bits per heavy atom. The Morgan fingerprint density at radius 2 is 1.72 bits per heavy atom. The van der Waals surface area contributed by atoms with E-state index in [9.17, 15) is 24.6 Å². The van der Waals surface area contributed by atoms with Crippen molar-refractivity contribution < 1.29 is 48.3 Å². The number of ketones is 1. The molecule has 1 aromatic rings. The number of benzene rings is 1. The molecule has 0 amide bonds. The first kappa shape index (κ1) is 30.4. The molecule has 2 N–H and O–H groups in total. The molecule has 234 valence electrons. The molecule has 0 unspecified atom stereocenters. The third-order valence-corrected chi connectivity index (χ3v) is 11.1. The number of esters is 2. The molecule has 0 aromatic heterocycles. The van der Waals surface area contributed by atoms with Gasteiger partial charge in [0, 0.05) is 30.6 Å². The summed E-state index contributed by atoms with van der Waals surface area (Å²) >= 11 is 0. The zero-order valence-corrected chi connectivity index (χ0v) is 25.8. The molecular weight excluding hydrogens is 556 g/mol. The molecule has 5 aliphatic rings. The zero-order valence-electron chi connectivity index (χ0n) is 25.8. The summed E-state index contributed by atoms with van der Waals surface area (Å²) in [5.74, 6) is -3.55. The van der Waals surface area contributed by atoms with Gasteiger partial charge in [0.25, 0.3) is 0 Å². The second-order valence-corrected chi connectivity index (χ2v) is 14.1. The normalized spacial score (nSPS) is 42.7. The van der Waals surface area contributed by atoms with Crippen molar-refractivity contribution in [3.63, 3.8) is 0 Å². The van der Waals surface area contributed by atoms with Crippen molar-refractivity contribution >= 4 is 17.7 Å². The molecule has 9 atom stereocenters. The van der Waals surface area contributed by atoms with Gasteiger partial charge >= 0.3 is 11.9 Å². The first-order valence-electron chi connectivity index (χ1n) is 15.1. The van der Waals surface area contributed by atoms with Gasteiger partial charge in [-0.15, -0.1) is 0 Å². The molecule has 4 fully saturated rings. The van der Waals surface area contributed by atoms with E-state index < -0.39 is 76.2 Å². The number of aliphatic hydroxyl groups excluding tert-OH is 1. The minimum absolute atomic E-state index is 0.0111. The summed E-state index contributed by atoms with van der Waals surface area (Å²) in [6.07, 6.45) is -4.81. The highest BCUT2D eigenvalue weighted by molar-refractivity contribution is 5.96. The van der Waals surface area contributed by atoms with Gasteiger partial charge in [-0.25, -0.2) is 4.79 Å². The molecule has 2 saturated carbocycles. The molecule has 1 aromatic carbocycles. The van der Waals surface area contributed by atoms with Crippen LogP contribution >= 0.6 is 0 Å². The monoisotopic (exact) mass is 598 g/mol. The van der Waals surface area contributed by atoms with Crippen molar-refractivity contribution in [2.24, 2.45) is 16.7 Å². The fraction of sp³-hybridized carbons (Fsp3) is 0.667. The van der Waals surface area contributed by atoms with Gasteiger partial charge in [0.15, 0.2) is 17.2 Å². The van der Waals surface area contributed by atoms with Crippen LogP contribution in [0.4, 0.5) is 0 Å². The van der Waals surface area contributed by atoms with Gasteiger partial charge in [0.2, 0.25) is 0 Å². The highest BCUT2D eigenvalue weighted by Crippen LogP contribution is 2.66. The fourth-order valence-electron chi connectivity index (χ4n) is 8.84. The van der Waals surface area contributed by atoms with Crippen LogP contribution < -0.4 is 0 Å². The van der Waals surface area contributed by atoms with Crippen LogP contribution in [0.1, 0.15) is 78.1 Å². The number of rotatable bonds is 3. The van der Waals surface area contributed by atoms with Crippen molar-refractivity contribution in [2.45, 2.75) is 115 Å². The Balaban J connectivity index is 1.67. The highest BCUT2D eigenvalue weighted by atomic mass is 16.8. The number of ether oxygens (including phenoxy) is 5. The standard InChI is InChI=1S/C33H42O10/c1-17-20(35)13-14-33(38)27(40-28(37)19-11-9-8-10-12-19)25-31(7,21(36)15-22-32(25,16-39-22)41-18(2)34)26-24(23(17)29(33,3)4)42-30(5,6)43-26/h8-12,21-22,24-27,36,38H,13-16H2,1-7H3/t21-,22+,24+,25-,26+,27-,31+,32-,33+/m0/s1. The van der Waals surface area contributed by atoms with Crippen LogP contribution in [0, 0.1) is 16.7 Å². The van der Waals surface area contributed by atoms with Gasteiger partial charge in [0.1, 0.15) is 23.9 Å². The number of fused-ring (bicyclic) bond motifs is 8. The van der Waals surface area contributed by atoms with E-state index >= 15 is 0 Å². The van der Waals surface area contributed by atoms with Gasteiger partial charge in [-0.3, -0.25) is 9.59 Å². The van der Waals surface area contributed by atoms with Crippen LogP contribution in [0.5, 0.6) is 0 Å². The minimum Gasteiger partial charge on any atom is -0.455 e. The maximum Gasteiger partial charge on any atom is 0.338 e. The Hall–Kier alpha value is -2.63. The summed E-state index contributed by atoms with van der Waals surface area (Å²) in [5, 5.41) is 25.2. The lowest BCUT2D eigenvalue weighted by Crippen LogP contribution is -2.81. The average Bonchev–Trinajstić information content (AvgIpc) is 3.22. The molecule has 3 aliphatic carbocycles. The Morgan fingerprint density at radius 1 is 1.05 bits per heavy atom. The number of carbonyl (C=O) groups is 3. The molecule has 2 heterocycles. The van der Waals surface area contributed by atoms with Crippen LogP contribution in [0.3, 0.4) is 0 Å². The fourth-order valence-corrected chi connectivity index (χ4v) is 8.84. The predicted molar refractivity (Wildman–Crippen MR) is 152 cm³/mol. The summed E-state index contributed by atoms with van der Waals surface area (Å²) in [6, 6.07) is 8.43. The van der Waals surface area contributed by atoms with Crippen molar-refractivity contribution in [1.29, 1.82) is 0 Å². The lowest BCUT2D eigenvalue weighted by atomic mass is 9.46. The first-order valence-corrected chi connectivity index (χ1v) is 15.1. The molecule has 0 spiro atoms. The average molecular weight is 599 g/mol. The lowest BCUT2D eigenvalue weighted by Gasteiger charge is -2.68. The van der Waals surface area contributed by atoms with E-state index in [1.807, 2.05) is 20.8 Å². The molecule has 10 nitrogen and oxygen atoms in total. The molecular formula is C33H42O10. The molecule has 6 rings (SSSR count). The van der Waals surface area contributed by atoms with E-state index in [4.69, 9.17) is 23.7 Å². The summed E-state index contributed by atoms with van der Waals surface area (Å²) in [5.41, 5.74) is -4.45. The molecule has 43 heavy (non-hydrogen) atoms. The van der Waals surface area contributed by atoms with E-state index in [1.165, 1.54) is 6.92 Å².